The molecule has 1 aliphatic heterocycles. The third-order valence-electron chi connectivity index (χ3n) is 4.30. The minimum absolute atomic E-state index is 0. The minimum atomic E-state index is -0.0267. The molecule has 0 bridgehead atoms. The number of nitrogens with zero attached hydrogens (tertiary/aromatic N) is 3. The van der Waals surface area contributed by atoms with Gasteiger partial charge in [0.1, 0.15) is 11.1 Å². The maximum Gasteiger partial charge on any atom is 0.229 e. The van der Waals surface area contributed by atoms with E-state index in [0.717, 1.165) is 29.4 Å². The molecule has 1 N–H and O–H groups in total. The van der Waals surface area contributed by atoms with Gasteiger partial charge in [-0.2, -0.15) is 0 Å². The lowest BCUT2D eigenvalue weighted by molar-refractivity contribution is -0.133. The van der Waals surface area contributed by atoms with Crippen molar-refractivity contribution < 1.29 is 9.53 Å². The molecule has 3 heterocycles. The number of carbonyl (C=O) groups is 1. The van der Waals surface area contributed by atoms with E-state index in [1.807, 2.05) is 42.5 Å². The SMILES string of the molecule is CCOC(C)c1nc(CC(=O)N2CCNCC2c2cccnc2)cs1.Cl.Cl. The summed E-state index contributed by atoms with van der Waals surface area (Å²) in [7, 11) is 0. The second-order valence-electron chi connectivity index (χ2n) is 6.04. The van der Waals surface area contributed by atoms with Crippen LogP contribution in [0.2, 0.25) is 0 Å². The van der Waals surface area contributed by atoms with E-state index in [2.05, 4.69) is 15.3 Å². The summed E-state index contributed by atoms with van der Waals surface area (Å²) in [4.78, 5) is 23.6. The Labute approximate surface area is 176 Å². The van der Waals surface area contributed by atoms with Crippen LogP contribution in [0.5, 0.6) is 0 Å². The number of rotatable bonds is 6. The van der Waals surface area contributed by atoms with Crippen LogP contribution in [0.3, 0.4) is 0 Å². The maximum atomic E-state index is 12.9. The van der Waals surface area contributed by atoms with Crippen molar-refractivity contribution in [1.82, 2.24) is 20.2 Å². The number of ether oxygens (including phenoxy) is 1. The summed E-state index contributed by atoms with van der Waals surface area (Å²) in [5.74, 6) is 0.108. The number of halogens is 2. The molecule has 27 heavy (non-hydrogen) atoms. The molecule has 6 nitrogen and oxygen atoms in total. The van der Waals surface area contributed by atoms with Crippen molar-refractivity contribution in [3.63, 3.8) is 0 Å². The Morgan fingerprint density at radius 3 is 3.00 bits per heavy atom. The Balaban J connectivity index is 0.00000182. The van der Waals surface area contributed by atoms with Gasteiger partial charge in [-0.1, -0.05) is 6.07 Å². The van der Waals surface area contributed by atoms with Gasteiger partial charge in [0.15, 0.2) is 0 Å². The van der Waals surface area contributed by atoms with Gasteiger partial charge in [-0.25, -0.2) is 4.98 Å². The van der Waals surface area contributed by atoms with Crippen LogP contribution in [-0.2, 0) is 16.0 Å². The molecule has 2 aromatic rings. The molecule has 0 aliphatic carbocycles. The normalized spacial score (nSPS) is 17.6. The first-order valence-corrected chi connectivity index (χ1v) is 9.53. The van der Waals surface area contributed by atoms with Crippen LogP contribution in [0.15, 0.2) is 29.9 Å². The van der Waals surface area contributed by atoms with Gasteiger partial charge in [-0.15, -0.1) is 36.2 Å². The van der Waals surface area contributed by atoms with Gasteiger partial charge in [0.25, 0.3) is 0 Å². The lowest BCUT2D eigenvalue weighted by atomic mass is 10.0. The Morgan fingerprint density at radius 1 is 1.48 bits per heavy atom. The van der Waals surface area contributed by atoms with E-state index in [1.165, 1.54) is 0 Å². The fourth-order valence-corrected chi connectivity index (χ4v) is 3.86. The number of aromatic nitrogens is 2. The second kappa shape index (κ2) is 11.6. The first-order chi connectivity index (χ1) is 12.2. The highest BCUT2D eigenvalue weighted by molar-refractivity contribution is 7.09. The molecule has 2 atom stereocenters. The molecule has 0 saturated carbocycles. The molecule has 2 aromatic heterocycles. The Bertz CT molecular complexity index is 702. The van der Waals surface area contributed by atoms with Gasteiger partial charge >= 0.3 is 0 Å². The van der Waals surface area contributed by atoms with Gasteiger partial charge in [0, 0.05) is 44.0 Å². The highest BCUT2D eigenvalue weighted by atomic mass is 35.5. The summed E-state index contributed by atoms with van der Waals surface area (Å²) in [5.41, 5.74) is 1.88. The van der Waals surface area contributed by atoms with Gasteiger partial charge in [0.2, 0.25) is 5.91 Å². The summed E-state index contributed by atoms with van der Waals surface area (Å²) >= 11 is 1.55. The van der Waals surface area contributed by atoms with Crippen LogP contribution in [0.1, 0.15) is 42.3 Å². The van der Waals surface area contributed by atoms with Crippen LogP contribution >= 0.6 is 36.2 Å². The van der Waals surface area contributed by atoms with Gasteiger partial charge in [-0.05, 0) is 25.5 Å². The first-order valence-electron chi connectivity index (χ1n) is 8.65. The molecule has 0 aromatic carbocycles. The molecule has 0 spiro atoms. The van der Waals surface area contributed by atoms with E-state index in [9.17, 15) is 4.79 Å². The lowest BCUT2D eigenvalue weighted by Crippen LogP contribution is -2.49. The van der Waals surface area contributed by atoms with Gasteiger partial charge < -0.3 is 15.0 Å². The first kappa shape index (κ1) is 23.8. The zero-order valence-corrected chi connectivity index (χ0v) is 17.9. The van der Waals surface area contributed by atoms with E-state index in [4.69, 9.17) is 4.74 Å². The number of hydrogen-bond donors (Lipinski definition) is 1. The molecule has 3 rings (SSSR count). The quantitative estimate of drug-likeness (QED) is 0.758. The summed E-state index contributed by atoms with van der Waals surface area (Å²) in [6.07, 6.45) is 3.89. The van der Waals surface area contributed by atoms with Crippen molar-refractivity contribution in [3.05, 3.63) is 46.2 Å². The third-order valence-corrected chi connectivity index (χ3v) is 5.35. The summed E-state index contributed by atoms with van der Waals surface area (Å²) in [6.45, 7) is 6.88. The van der Waals surface area contributed by atoms with Crippen LogP contribution in [0.4, 0.5) is 0 Å². The number of carbonyl (C=O) groups excluding carboxylic acids is 1. The van der Waals surface area contributed by atoms with Crippen molar-refractivity contribution >= 4 is 42.1 Å². The number of pyridine rings is 1. The predicted molar refractivity (Wildman–Crippen MR) is 112 cm³/mol. The second-order valence-corrected chi connectivity index (χ2v) is 6.93. The van der Waals surface area contributed by atoms with E-state index < -0.39 is 0 Å². The molecular formula is C18H26Cl2N4O2S. The monoisotopic (exact) mass is 432 g/mol. The fraction of sp³-hybridized carbons (Fsp3) is 0.500. The standard InChI is InChI=1S/C18H24N4O2S.2ClH/c1-3-24-13(2)18-21-15(12-25-18)9-17(23)22-8-7-20-11-16(22)14-5-4-6-19-10-14;;/h4-6,10,12-13,16,20H,3,7-9,11H2,1-2H3;2*1H. The van der Waals surface area contributed by atoms with Crippen molar-refractivity contribution in [2.75, 3.05) is 26.2 Å². The maximum absolute atomic E-state index is 12.9. The lowest BCUT2D eigenvalue weighted by Gasteiger charge is -2.36. The van der Waals surface area contributed by atoms with Gasteiger partial charge in [0.05, 0.1) is 18.2 Å². The third kappa shape index (κ3) is 6.12. The largest absolute Gasteiger partial charge is 0.372 e. The Morgan fingerprint density at radius 2 is 2.30 bits per heavy atom. The molecule has 1 aliphatic rings. The summed E-state index contributed by atoms with van der Waals surface area (Å²) in [5, 5.41) is 6.25. The van der Waals surface area contributed by atoms with Crippen molar-refractivity contribution in [3.8, 4) is 0 Å². The smallest absolute Gasteiger partial charge is 0.229 e. The average molecular weight is 433 g/mol. The molecule has 150 valence electrons. The van der Waals surface area contributed by atoms with E-state index in [1.54, 1.807) is 17.5 Å². The molecule has 2 unspecified atom stereocenters. The molecule has 9 heteroatoms. The average Bonchev–Trinajstić information content (AvgIpc) is 3.11. The fourth-order valence-electron chi connectivity index (χ4n) is 3.04. The highest BCUT2D eigenvalue weighted by Crippen LogP contribution is 2.24. The summed E-state index contributed by atoms with van der Waals surface area (Å²) in [6, 6.07) is 3.96. The Hall–Kier alpha value is -1.25. The molecular weight excluding hydrogens is 407 g/mol. The van der Waals surface area contributed by atoms with E-state index >= 15 is 0 Å². The number of nitrogens with one attached hydrogen (secondary N) is 1. The predicted octanol–water partition coefficient (Wildman–Crippen LogP) is 3.19. The van der Waals surface area contributed by atoms with Crippen LogP contribution in [0, 0.1) is 0 Å². The molecule has 1 fully saturated rings. The summed E-state index contributed by atoms with van der Waals surface area (Å²) < 4.78 is 5.57. The van der Waals surface area contributed by atoms with Crippen LogP contribution in [-0.4, -0.2) is 47.0 Å². The molecule has 1 saturated heterocycles. The highest BCUT2D eigenvalue weighted by Gasteiger charge is 2.28. The molecule has 0 radical (unpaired) electrons. The van der Waals surface area contributed by atoms with Crippen molar-refractivity contribution in [2.45, 2.75) is 32.4 Å². The van der Waals surface area contributed by atoms with Crippen molar-refractivity contribution in [1.29, 1.82) is 0 Å². The Kier molecular flexibility index (Phi) is 10.2. The van der Waals surface area contributed by atoms with Crippen molar-refractivity contribution in [2.24, 2.45) is 0 Å². The van der Waals surface area contributed by atoms with Crippen LogP contribution < -0.4 is 5.32 Å². The minimum Gasteiger partial charge on any atom is -0.372 e. The zero-order chi connectivity index (χ0) is 17.6. The molecule has 1 amide bonds. The number of thiazole rings is 1. The van der Waals surface area contributed by atoms with E-state index in [0.29, 0.717) is 19.6 Å². The number of piperazine rings is 1. The zero-order valence-electron chi connectivity index (χ0n) is 15.5. The van der Waals surface area contributed by atoms with Gasteiger partial charge in [-0.3, -0.25) is 9.78 Å². The topological polar surface area (TPSA) is 67.3 Å². The van der Waals surface area contributed by atoms with Crippen LogP contribution in [0.25, 0.3) is 0 Å². The number of amides is 1. The van der Waals surface area contributed by atoms with E-state index in [-0.39, 0.29) is 42.9 Å². The number of hydrogen-bond acceptors (Lipinski definition) is 6.